The molecule has 1 unspecified atom stereocenters. The lowest BCUT2D eigenvalue weighted by molar-refractivity contribution is 0.466. The Morgan fingerprint density at radius 2 is 1.79 bits per heavy atom. The Hall–Kier alpha value is -3.25. The van der Waals surface area contributed by atoms with Gasteiger partial charge in [-0.2, -0.15) is 0 Å². The van der Waals surface area contributed by atoms with Crippen LogP contribution in [0.15, 0.2) is 36.8 Å². The van der Waals surface area contributed by atoms with Gasteiger partial charge in [0.25, 0.3) is 0 Å². The average molecular weight is 471 g/mol. The molecule has 3 aromatic heterocycles. The fraction of sp³-hybridized carbons (Fsp3) is 0.381. The van der Waals surface area contributed by atoms with E-state index in [9.17, 15) is 12.8 Å². The van der Waals surface area contributed by atoms with Crippen LogP contribution < -0.4 is 14.5 Å². The fourth-order valence-electron chi connectivity index (χ4n) is 4.22. The van der Waals surface area contributed by atoms with Crippen LogP contribution in [0.2, 0.25) is 0 Å². The molecule has 0 aromatic carbocycles. The third kappa shape index (κ3) is 4.48. The Morgan fingerprint density at radius 1 is 1.06 bits per heavy atom. The Kier molecular flexibility index (Phi) is 5.41. The summed E-state index contributed by atoms with van der Waals surface area (Å²) < 4.78 is 39.9. The largest absolute Gasteiger partial charge is 0.353 e. The number of nitrogens with zero attached hydrogens (tertiary/aromatic N) is 7. The summed E-state index contributed by atoms with van der Waals surface area (Å²) in [6.45, 7) is 3.52. The van der Waals surface area contributed by atoms with Crippen molar-refractivity contribution in [3.63, 3.8) is 0 Å². The third-order valence-electron chi connectivity index (χ3n) is 5.82. The van der Waals surface area contributed by atoms with Crippen LogP contribution in [0.5, 0.6) is 0 Å². The van der Waals surface area contributed by atoms with Gasteiger partial charge in [-0.3, -0.25) is 0 Å². The second-order valence-corrected chi connectivity index (χ2v) is 10.1. The third-order valence-corrected chi connectivity index (χ3v) is 6.58. The van der Waals surface area contributed by atoms with Crippen LogP contribution in [0, 0.1) is 5.82 Å². The van der Waals surface area contributed by atoms with Gasteiger partial charge in [0, 0.05) is 62.3 Å². The summed E-state index contributed by atoms with van der Waals surface area (Å²) >= 11 is 0. The van der Waals surface area contributed by atoms with Crippen LogP contribution in [0.25, 0.3) is 11.6 Å². The Balaban J connectivity index is 1.36. The molecule has 5 rings (SSSR count). The van der Waals surface area contributed by atoms with E-state index < -0.39 is 10.0 Å². The molecule has 0 amide bonds. The standard InChI is InChI=1S/C21H23FN8O2S/c1-13-16-10-25-21(20-23-5-3-6-24-20)26-17(16)4-7-30(13)19-9-14(22)8-18(27-19)29-11-15(12-29)28-33(2,31)32/h3,5-6,8-10,13,15,28H,4,7,11-12H2,1-2H3. The topological polar surface area (TPSA) is 117 Å². The van der Waals surface area contributed by atoms with Crippen LogP contribution >= 0.6 is 0 Å². The van der Waals surface area contributed by atoms with Gasteiger partial charge in [0.1, 0.15) is 17.5 Å². The van der Waals surface area contributed by atoms with E-state index in [4.69, 9.17) is 0 Å². The molecule has 1 fully saturated rings. The van der Waals surface area contributed by atoms with E-state index in [2.05, 4.69) is 29.6 Å². The summed E-state index contributed by atoms with van der Waals surface area (Å²) in [5.41, 5.74) is 1.88. The van der Waals surface area contributed by atoms with E-state index in [-0.39, 0.29) is 17.9 Å². The summed E-state index contributed by atoms with van der Waals surface area (Å²) in [6, 6.07) is 4.24. The lowest BCUT2D eigenvalue weighted by Gasteiger charge is -2.41. The van der Waals surface area contributed by atoms with Crippen molar-refractivity contribution in [1.82, 2.24) is 29.6 Å². The van der Waals surface area contributed by atoms with Crippen molar-refractivity contribution in [2.24, 2.45) is 0 Å². The molecular formula is C21H23FN8O2S. The van der Waals surface area contributed by atoms with E-state index in [0.717, 1.165) is 17.5 Å². The monoisotopic (exact) mass is 470 g/mol. The number of fused-ring (bicyclic) bond motifs is 1. The molecular weight excluding hydrogens is 447 g/mol. The van der Waals surface area contributed by atoms with Gasteiger partial charge in [0.05, 0.1) is 24.0 Å². The predicted molar refractivity (Wildman–Crippen MR) is 121 cm³/mol. The highest BCUT2D eigenvalue weighted by Crippen LogP contribution is 2.34. The van der Waals surface area contributed by atoms with Crippen LogP contribution in [0.3, 0.4) is 0 Å². The molecule has 5 heterocycles. The van der Waals surface area contributed by atoms with Gasteiger partial charge in [-0.15, -0.1) is 0 Å². The highest BCUT2D eigenvalue weighted by atomic mass is 32.2. The van der Waals surface area contributed by atoms with E-state index >= 15 is 0 Å². The summed E-state index contributed by atoms with van der Waals surface area (Å²) in [7, 11) is -3.28. The number of nitrogens with one attached hydrogen (secondary N) is 1. The molecule has 33 heavy (non-hydrogen) atoms. The Labute approximate surface area is 191 Å². The van der Waals surface area contributed by atoms with Gasteiger partial charge < -0.3 is 9.80 Å². The molecule has 12 heteroatoms. The Morgan fingerprint density at radius 3 is 2.52 bits per heavy atom. The van der Waals surface area contributed by atoms with Crippen molar-refractivity contribution < 1.29 is 12.8 Å². The fourth-order valence-corrected chi connectivity index (χ4v) is 4.98. The zero-order valence-corrected chi connectivity index (χ0v) is 19.0. The molecule has 3 aromatic rings. The molecule has 1 N–H and O–H groups in total. The maximum Gasteiger partial charge on any atom is 0.209 e. The van der Waals surface area contributed by atoms with Crippen molar-refractivity contribution >= 4 is 21.7 Å². The highest BCUT2D eigenvalue weighted by Gasteiger charge is 2.32. The molecule has 2 aliphatic rings. The molecule has 0 aliphatic carbocycles. The predicted octanol–water partition coefficient (Wildman–Crippen LogP) is 1.33. The smallest absolute Gasteiger partial charge is 0.209 e. The Bertz CT molecular complexity index is 1280. The SMILES string of the molecule is CC1c2cnc(-c3ncccn3)nc2CCN1c1cc(F)cc(N2CC(NS(C)(=O)=O)C2)n1. The minimum atomic E-state index is -3.28. The number of anilines is 2. The van der Waals surface area contributed by atoms with E-state index in [1.807, 2.05) is 16.7 Å². The van der Waals surface area contributed by atoms with Gasteiger partial charge >= 0.3 is 0 Å². The first-order chi connectivity index (χ1) is 15.8. The first-order valence-corrected chi connectivity index (χ1v) is 12.5. The van der Waals surface area contributed by atoms with E-state index in [0.29, 0.717) is 49.3 Å². The lowest BCUT2D eigenvalue weighted by atomic mass is 9.99. The number of aromatic nitrogens is 5. The highest BCUT2D eigenvalue weighted by molar-refractivity contribution is 7.88. The van der Waals surface area contributed by atoms with Crippen molar-refractivity contribution in [2.45, 2.75) is 25.4 Å². The second-order valence-electron chi connectivity index (χ2n) is 8.28. The molecule has 1 atom stereocenters. The summed E-state index contributed by atoms with van der Waals surface area (Å²) in [5, 5.41) is 0. The zero-order chi connectivity index (χ0) is 23.2. The van der Waals surface area contributed by atoms with E-state index in [1.165, 1.54) is 12.1 Å². The minimum Gasteiger partial charge on any atom is -0.353 e. The molecule has 1 saturated heterocycles. The van der Waals surface area contributed by atoms with Crippen LogP contribution in [-0.4, -0.2) is 65.3 Å². The van der Waals surface area contributed by atoms with Gasteiger partial charge in [-0.1, -0.05) is 0 Å². The normalized spacial score (nSPS) is 18.7. The number of pyridine rings is 1. The maximum atomic E-state index is 14.5. The van der Waals surface area contributed by atoms with Crippen molar-refractivity contribution in [3.05, 3.63) is 53.9 Å². The van der Waals surface area contributed by atoms with E-state index in [1.54, 1.807) is 24.7 Å². The molecule has 10 nitrogen and oxygen atoms in total. The van der Waals surface area contributed by atoms with Crippen LogP contribution in [0.1, 0.15) is 24.2 Å². The van der Waals surface area contributed by atoms with Crippen LogP contribution in [0.4, 0.5) is 16.0 Å². The molecule has 172 valence electrons. The molecule has 2 aliphatic heterocycles. The first-order valence-electron chi connectivity index (χ1n) is 10.6. The minimum absolute atomic E-state index is 0.0994. The lowest BCUT2D eigenvalue weighted by Crippen LogP contribution is -2.59. The number of sulfonamides is 1. The first kappa shape index (κ1) is 21.6. The summed E-state index contributed by atoms with van der Waals surface area (Å²) in [4.78, 5) is 26.1. The van der Waals surface area contributed by atoms with Gasteiger partial charge in [0.2, 0.25) is 10.0 Å². The summed E-state index contributed by atoms with van der Waals surface area (Å²) in [6.07, 6.45) is 6.87. The van der Waals surface area contributed by atoms with Gasteiger partial charge in [-0.05, 0) is 13.0 Å². The number of halogens is 1. The number of rotatable bonds is 5. The number of hydrogen-bond acceptors (Lipinski definition) is 9. The van der Waals surface area contributed by atoms with Gasteiger partial charge in [-0.25, -0.2) is 42.5 Å². The molecule has 0 spiro atoms. The molecule has 0 saturated carbocycles. The van der Waals surface area contributed by atoms with Gasteiger partial charge in [0.15, 0.2) is 11.6 Å². The van der Waals surface area contributed by atoms with Crippen molar-refractivity contribution in [1.29, 1.82) is 0 Å². The zero-order valence-electron chi connectivity index (χ0n) is 18.2. The van der Waals surface area contributed by atoms with Crippen molar-refractivity contribution in [3.8, 4) is 11.6 Å². The summed E-state index contributed by atoms with van der Waals surface area (Å²) in [5.74, 6) is 1.59. The second kappa shape index (κ2) is 8.27. The van der Waals surface area contributed by atoms with Crippen molar-refractivity contribution in [2.75, 3.05) is 35.7 Å². The quantitative estimate of drug-likeness (QED) is 0.589. The maximum absolute atomic E-state index is 14.5. The van der Waals surface area contributed by atoms with Crippen LogP contribution in [-0.2, 0) is 16.4 Å². The average Bonchev–Trinajstić information content (AvgIpc) is 2.75. The number of hydrogen-bond donors (Lipinski definition) is 1. The molecule has 0 radical (unpaired) electrons. The molecule has 0 bridgehead atoms.